The number of methoxy groups -OCH3 is 1. The van der Waals surface area contributed by atoms with E-state index < -0.39 is 19.1 Å². The number of piperazine rings is 1. The van der Waals surface area contributed by atoms with Crippen LogP contribution in [-0.4, -0.2) is 142 Å². The molecule has 1 aromatic heterocycles. The number of amides is 4. The van der Waals surface area contributed by atoms with Gasteiger partial charge in [-0.2, -0.15) is 4.98 Å². The van der Waals surface area contributed by atoms with Gasteiger partial charge in [0.2, 0.25) is 23.7 Å². The Morgan fingerprint density at radius 2 is 1.58 bits per heavy atom. The van der Waals surface area contributed by atoms with Crippen LogP contribution < -0.4 is 36.2 Å². The third-order valence-electron chi connectivity index (χ3n) is 11.5. The molecule has 4 aromatic rings. The fourth-order valence-electron chi connectivity index (χ4n) is 7.99. The molecule has 3 aliphatic heterocycles. The fourth-order valence-corrected chi connectivity index (χ4v) is 9.14. The summed E-state index contributed by atoms with van der Waals surface area (Å²) in [5, 5.41) is 13.0. The Morgan fingerprint density at radius 1 is 0.862 bits per heavy atom. The van der Waals surface area contributed by atoms with Crippen molar-refractivity contribution in [3.63, 3.8) is 0 Å². The number of carbonyl (C=O) groups is 4. The predicted octanol–water partition coefficient (Wildman–Crippen LogP) is 4.49. The zero-order valence-corrected chi connectivity index (χ0v) is 38.3. The predicted molar refractivity (Wildman–Crippen MR) is 249 cm³/mol. The highest BCUT2D eigenvalue weighted by Crippen LogP contribution is 2.39. The molecule has 19 heteroatoms. The quantitative estimate of drug-likeness (QED) is 0.0517. The van der Waals surface area contributed by atoms with E-state index >= 15 is 0 Å². The van der Waals surface area contributed by atoms with Gasteiger partial charge >= 0.3 is 0 Å². The van der Waals surface area contributed by atoms with Crippen LogP contribution in [0.4, 0.5) is 34.5 Å². The Labute approximate surface area is 379 Å². The second-order valence-corrected chi connectivity index (χ2v) is 19.5. The van der Waals surface area contributed by atoms with Crippen molar-refractivity contribution >= 4 is 70.6 Å². The second kappa shape index (κ2) is 21.7. The summed E-state index contributed by atoms with van der Waals surface area (Å²) < 4.78 is 35.7. The standard InChI is InChI=1S/C46H58N9O9P/c1-31-29-48-46(52-43(31)49-37-9-5-6-11-40(37)65(3,4)60)50-36-13-12-32(28-39(36)61-2)53-18-20-54(21-19-53)42(57)16-22-62-24-26-64-27-25-63-23-17-47-35-10-7-8-33-34(35)30-55(45(33)59)38-14-15-41(56)51-44(38)58/h5-13,28-29,38,47H,14-27,30H2,1-4H3,(H,51,56,58)(H2,48,49,50,52). The van der Waals surface area contributed by atoms with Crippen LogP contribution in [0.2, 0.25) is 0 Å². The number of anilines is 6. The summed E-state index contributed by atoms with van der Waals surface area (Å²) in [5.41, 5.74) is 5.46. The van der Waals surface area contributed by atoms with Crippen LogP contribution in [0.3, 0.4) is 0 Å². The van der Waals surface area contributed by atoms with E-state index in [2.05, 4.69) is 31.2 Å². The van der Waals surface area contributed by atoms with Crippen LogP contribution in [-0.2, 0) is 39.7 Å². The maximum Gasteiger partial charge on any atom is 0.255 e. The minimum absolute atomic E-state index is 0.0530. The molecule has 4 N–H and O–H groups in total. The van der Waals surface area contributed by atoms with Crippen LogP contribution in [0.25, 0.3) is 0 Å². The molecule has 0 bridgehead atoms. The highest BCUT2D eigenvalue weighted by Gasteiger charge is 2.40. The van der Waals surface area contributed by atoms with Gasteiger partial charge < -0.3 is 54.2 Å². The summed E-state index contributed by atoms with van der Waals surface area (Å²) in [6.07, 6.45) is 2.56. The number of para-hydroxylation sites is 1. The van der Waals surface area contributed by atoms with Gasteiger partial charge in [0.25, 0.3) is 5.91 Å². The van der Waals surface area contributed by atoms with E-state index in [9.17, 15) is 23.7 Å². The summed E-state index contributed by atoms with van der Waals surface area (Å²) in [6.45, 7) is 11.1. The number of nitrogens with one attached hydrogen (secondary N) is 4. The van der Waals surface area contributed by atoms with E-state index in [-0.39, 0.29) is 24.1 Å². The molecule has 1 atom stereocenters. The number of fused-ring (bicyclic) bond motifs is 1. The van der Waals surface area contributed by atoms with Gasteiger partial charge in [0.1, 0.15) is 24.8 Å². The summed E-state index contributed by atoms with van der Waals surface area (Å²) in [4.78, 5) is 64.8. The van der Waals surface area contributed by atoms with Crippen molar-refractivity contribution in [2.24, 2.45) is 0 Å². The van der Waals surface area contributed by atoms with E-state index in [0.29, 0.717) is 121 Å². The number of nitrogens with zero attached hydrogens (tertiary/aromatic N) is 5. The first-order chi connectivity index (χ1) is 31.4. The maximum absolute atomic E-state index is 13.1. The van der Waals surface area contributed by atoms with Gasteiger partial charge in [-0.25, -0.2) is 4.98 Å². The van der Waals surface area contributed by atoms with E-state index in [0.717, 1.165) is 33.5 Å². The molecular formula is C46H58N9O9P. The topological polar surface area (TPSA) is 206 Å². The Kier molecular flexibility index (Phi) is 15.7. The lowest BCUT2D eigenvalue weighted by Gasteiger charge is -2.36. The normalized spacial score (nSPS) is 16.3. The minimum atomic E-state index is -2.52. The number of piperidine rings is 1. The number of imide groups is 1. The number of hydrogen-bond acceptors (Lipinski definition) is 15. The van der Waals surface area contributed by atoms with Gasteiger partial charge in [-0.05, 0) is 63.1 Å². The van der Waals surface area contributed by atoms with Crippen molar-refractivity contribution in [2.45, 2.75) is 38.8 Å². The monoisotopic (exact) mass is 911 g/mol. The zero-order valence-electron chi connectivity index (χ0n) is 37.4. The van der Waals surface area contributed by atoms with Gasteiger partial charge in [-0.15, -0.1) is 0 Å². The molecule has 65 heavy (non-hydrogen) atoms. The highest BCUT2D eigenvalue weighted by molar-refractivity contribution is 7.70. The smallest absolute Gasteiger partial charge is 0.255 e. The first-order valence-electron chi connectivity index (χ1n) is 21.9. The first-order valence-corrected chi connectivity index (χ1v) is 24.5. The number of aromatic nitrogens is 2. The molecule has 1 unspecified atom stereocenters. The molecule has 4 amide bonds. The van der Waals surface area contributed by atoms with Crippen molar-refractivity contribution in [1.82, 2.24) is 25.1 Å². The molecular weight excluding hydrogens is 854 g/mol. The highest BCUT2D eigenvalue weighted by atomic mass is 31.2. The fraction of sp³-hybridized carbons (Fsp3) is 0.435. The third-order valence-corrected chi connectivity index (χ3v) is 13.0. The van der Waals surface area contributed by atoms with E-state index in [1.54, 1.807) is 38.8 Å². The second-order valence-electron chi connectivity index (χ2n) is 16.3. The van der Waals surface area contributed by atoms with Crippen LogP contribution in [0.5, 0.6) is 5.75 Å². The lowest BCUT2D eigenvalue weighted by molar-refractivity contribution is -0.137. The van der Waals surface area contributed by atoms with Gasteiger partial charge in [0, 0.05) is 91.3 Å². The Hall–Kier alpha value is -6.07. The third kappa shape index (κ3) is 12.0. The molecule has 0 aliphatic carbocycles. The molecule has 3 aliphatic rings. The number of carbonyl (C=O) groups excluding carboxylic acids is 4. The lowest BCUT2D eigenvalue weighted by atomic mass is 10.0. The Morgan fingerprint density at radius 3 is 2.32 bits per heavy atom. The van der Waals surface area contributed by atoms with Gasteiger partial charge in [-0.3, -0.25) is 24.5 Å². The van der Waals surface area contributed by atoms with Crippen LogP contribution in [0.1, 0.15) is 40.7 Å². The SMILES string of the molecule is COc1cc(N2CCN(C(=O)CCOCCOCCOCCNc3cccc4c3CN(C3CCC(=O)NC3=O)C4=O)CC2)ccc1Nc1ncc(C)c(Nc2ccccc2P(C)(C)=O)n1. The van der Waals surface area contributed by atoms with Gasteiger partial charge in [-0.1, -0.05) is 18.2 Å². The molecule has 2 fully saturated rings. The van der Waals surface area contributed by atoms with Crippen molar-refractivity contribution in [1.29, 1.82) is 0 Å². The molecule has 346 valence electrons. The van der Waals surface area contributed by atoms with Crippen LogP contribution in [0.15, 0.2) is 66.9 Å². The zero-order chi connectivity index (χ0) is 45.9. The summed E-state index contributed by atoms with van der Waals surface area (Å²) in [7, 11) is -0.908. The minimum Gasteiger partial charge on any atom is -0.494 e. The van der Waals surface area contributed by atoms with Crippen molar-refractivity contribution < 1.29 is 42.7 Å². The number of ether oxygens (including phenoxy) is 4. The van der Waals surface area contributed by atoms with Crippen LogP contribution >= 0.6 is 7.14 Å². The van der Waals surface area contributed by atoms with Crippen molar-refractivity contribution in [3.05, 3.63) is 83.6 Å². The molecule has 0 radical (unpaired) electrons. The number of hydrogen-bond donors (Lipinski definition) is 4. The molecule has 7 rings (SSSR count). The number of benzene rings is 3. The molecule has 4 heterocycles. The maximum atomic E-state index is 13.1. The molecule has 18 nitrogen and oxygen atoms in total. The lowest BCUT2D eigenvalue weighted by Crippen LogP contribution is -2.52. The summed E-state index contributed by atoms with van der Waals surface area (Å²) >= 11 is 0. The Balaban J connectivity index is 0.752. The molecule has 2 saturated heterocycles. The van der Waals surface area contributed by atoms with E-state index in [1.807, 2.05) is 60.4 Å². The first kappa shape index (κ1) is 46.9. The summed E-state index contributed by atoms with van der Waals surface area (Å²) in [5.74, 6) is 0.709. The van der Waals surface area contributed by atoms with E-state index in [1.165, 1.54) is 4.90 Å². The molecule has 0 spiro atoms. The number of aryl methyl sites for hydroxylation is 1. The van der Waals surface area contributed by atoms with Crippen molar-refractivity contribution in [2.75, 3.05) is 114 Å². The molecule has 3 aromatic carbocycles. The molecule has 0 saturated carbocycles. The van der Waals surface area contributed by atoms with E-state index in [4.69, 9.17) is 23.9 Å². The average Bonchev–Trinajstić information content (AvgIpc) is 3.63. The average molecular weight is 912 g/mol. The van der Waals surface area contributed by atoms with Crippen LogP contribution in [0, 0.1) is 6.92 Å². The van der Waals surface area contributed by atoms with Gasteiger partial charge in [0.05, 0.1) is 64.5 Å². The summed E-state index contributed by atoms with van der Waals surface area (Å²) in [6, 6.07) is 18.2. The van der Waals surface area contributed by atoms with Gasteiger partial charge in [0.15, 0.2) is 0 Å². The number of rotatable bonds is 21. The largest absolute Gasteiger partial charge is 0.494 e. The van der Waals surface area contributed by atoms with Crippen molar-refractivity contribution in [3.8, 4) is 5.75 Å². The Bertz CT molecular complexity index is 2410.